The van der Waals surface area contributed by atoms with Gasteiger partial charge in [0.1, 0.15) is 18.5 Å². The second-order valence-corrected chi connectivity index (χ2v) is 3.04. The van der Waals surface area contributed by atoms with Crippen LogP contribution in [0.3, 0.4) is 0 Å². The van der Waals surface area contributed by atoms with Gasteiger partial charge in [-0.15, -0.1) is 0 Å². The molecule has 0 saturated carbocycles. The highest BCUT2D eigenvalue weighted by molar-refractivity contribution is 5.32. The van der Waals surface area contributed by atoms with E-state index in [9.17, 15) is 0 Å². The summed E-state index contributed by atoms with van der Waals surface area (Å²) in [5, 5.41) is 8.64. The Kier molecular flexibility index (Phi) is 2.65. The molecule has 0 aliphatic heterocycles. The molecule has 0 spiro atoms. The molecule has 0 unspecified atom stereocenters. The minimum atomic E-state index is 0.661. The average Bonchev–Trinajstić information content (AvgIpc) is 2.31. The molecule has 0 saturated heterocycles. The molecule has 0 amide bonds. The van der Waals surface area contributed by atoms with E-state index in [4.69, 9.17) is 5.26 Å². The summed E-state index contributed by atoms with van der Waals surface area (Å²) >= 11 is 0. The van der Waals surface area contributed by atoms with Gasteiger partial charge >= 0.3 is 0 Å². The fraction of sp³-hybridized carbons (Fsp3) is 0.0909. The predicted molar refractivity (Wildman–Crippen MR) is 53.8 cm³/mol. The molecule has 0 aliphatic rings. The molecule has 0 bridgehead atoms. The zero-order chi connectivity index (χ0) is 10.5. The highest BCUT2D eigenvalue weighted by atomic mass is 15.0. The smallest absolute Gasteiger partial charge is 0.136 e. The maximum atomic E-state index is 8.64. The van der Waals surface area contributed by atoms with E-state index in [1.807, 2.05) is 12.1 Å². The first-order chi connectivity index (χ1) is 7.38. The van der Waals surface area contributed by atoms with E-state index in [1.54, 1.807) is 12.1 Å². The predicted octanol–water partition coefficient (Wildman–Crippen LogP) is 1.33. The maximum absolute atomic E-state index is 8.64. The van der Waals surface area contributed by atoms with Crippen molar-refractivity contribution in [2.45, 2.75) is 6.42 Å². The van der Waals surface area contributed by atoms with E-state index >= 15 is 0 Å². The summed E-state index contributed by atoms with van der Waals surface area (Å²) < 4.78 is 0. The van der Waals surface area contributed by atoms with Crippen LogP contribution >= 0.6 is 0 Å². The molecule has 2 aromatic rings. The minimum absolute atomic E-state index is 0.661. The van der Waals surface area contributed by atoms with Crippen LogP contribution in [0.4, 0.5) is 0 Å². The third kappa shape index (κ3) is 2.35. The van der Waals surface area contributed by atoms with Crippen LogP contribution in [-0.4, -0.2) is 15.0 Å². The Bertz CT molecular complexity index is 470. The molecule has 1 aromatic carbocycles. The lowest BCUT2D eigenvalue weighted by atomic mass is 10.1. The fourth-order valence-corrected chi connectivity index (χ4v) is 1.23. The topological polar surface area (TPSA) is 62.5 Å². The van der Waals surface area contributed by atoms with Crippen molar-refractivity contribution in [3.63, 3.8) is 0 Å². The van der Waals surface area contributed by atoms with Crippen molar-refractivity contribution < 1.29 is 0 Å². The van der Waals surface area contributed by atoms with Crippen molar-refractivity contribution in [3.8, 4) is 6.07 Å². The monoisotopic (exact) mass is 196 g/mol. The quantitative estimate of drug-likeness (QED) is 0.727. The number of rotatable bonds is 2. The van der Waals surface area contributed by atoms with Crippen LogP contribution in [0.1, 0.15) is 17.0 Å². The lowest BCUT2D eigenvalue weighted by Crippen LogP contribution is -1.96. The Morgan fingerprint density at radius 3 is 2.33 bits per heavy atom. The molecule has 0 aliphatic carbocycles. The third-order valence-corrected chi connectivity index (χ3v) is 1.99. The van der Waals surface area contributed by atoms with Gasteiger partial charge in [-0.2, -0.15) is 5.26 Å². The Labute approximate surface area is 87.3 Å². The van der Waals surface area contributed by atoms with Crippen LogP contribution in [-0.2, 0) is 6.42 Å². The number of aromatic nitrogens is 3. The van der Waals surface area contributed by atoms with Crippen LogP contribution in [0.25, 0.3) is 0 Å². The zero-order valence-corrected chi connectivity index (χ0v) is 7.96. The lowest BCUT2D eigenvalue weighted by Gasteiger charge is -1.98. The van der Waals surface area contributed by atoms with Crippen molar-refractivity contribution in [1.29, 1.82) is 5.26 Å². The third-order valence-electron chi connectivity index (χ3n) is 1.99. The summed E-state index contributed by atoms with van der Waals surface area (Å²) in [6, 6.07) is 9.46. The van der Waals surface area contributed by atoms with Gasteiger partial charge in [0, 0.05) is 6.42 Å². The van der Waals surface area contributed by atoms with Crippen molar-refractivity contribution >= 4 is 0 Å². The molecule has 0 N–H and O–H groups in total. The summed E-state index contributed by atoms with van der Waals surface area (Å²) in [6.07, 6.45) is 3.62. The van der Waals surface area contributed by atoms with Gasteiger partial charge in [0.25, 0.3) is 0 Å². The van der Waals surface area contributed by atoms with Crippen LogP contribution in [0, 0.1) is 11.3 Å². The molecule has 2 rings (SSSR count). The molecule has 4 heteroatoms. The molecule has 1 aromatic heterocycles. The Morgan fingerprint density at radius 1 is 1.07 bits per heavy atom. The van der Waals surface area contributed by atoms with Gasteiger partial charge in [0.2, 0.25) is 0 Å². The molecule has 72 valence electrons. The molecule has 15 heavy (non-hydrogen) atoms. The maximum Gasteiger partial charge on any atom is 0.136 e. The molecule has 0 radical (unpaired) electrons. The first kappa shape index (κ1) is 9.28. The second-order valence-electron chi connectivity index (χ2n) is 3.04. The van der Waals surface area contributed by atoms with E-state index in [0.717, 1.165) is 11.4 Å². The summed E-state index contributed by atoms with van der Waals surface area (Å²) in [4.78, 5) is 11.8. The van der Waals surface area contributed by atoms with Gasteiger partial charge in [-0.3, -0.25) is 0 Å². The highest BCUT2D eigenvalue weighted by Crippen LogP contribution is 2.06. The average molecular weight is 196 g/mol. The summed E-state index contributed by atoms with van der Waals surface area (Å²) in [7, 11) is 0. The summed E-state index contributed by atoms with van der Waals surface area (Å²) in [6.45, 7) is 0. The Balaban J connectivity index is 2.16. The van der Waals surface area contributed by atoms with Gasteiger partial charge in [-0.1, -0.05) is 12.1 Å². The normalized spacial score (nSPS) is 9.53. The largest absolute Gasteiger partial charge is 0.225 e. The number of hydrogen-bond donors (Lipinski definition) is 0. The van der Waals surface area contributed by atoms with E-state index < -0.39 is 0 Å². The van der Waals surface area contributed by atoms with Crippen LogP contribution < -0.4 is 0 Å². The van der Waals surface area contributed by atoms with Gasteiger partial charge < -0.3 is 0 Å². The van der Waals surface area contributed by atoms with Crippen molar-refractivity contribution in [1.82, 2.24) is 15.0 Å². The van der Waals surface area contributed by atoms with Gasteiger partial charge in [-0.25, -0.2) is 15.0 Å². The van der Waals surface area contributed by atoms with Crippen LogP contribution in [0.2, 0.25) is 0 Å². The Hall–Kier alpha value is -2.28. The van der Waals surface area contributed by atoms with Gasteiger partial charge in [0.05, 0.1) is 11.6 Å². The highest BCUT2D eigenvalue weighted by Gasteiger charge is 1.98. The first-order valence-electron chi connectivity index (χ1n) is 4.48. The van der Waals surface area contributed by atoms with E-state index in [2.05, 4.69) is 21.0 Å². The lowest BCUT2D eigenvalue weighted by molar-refractivity contribution is 0.917. The number of hydrogen-bond acceptors (Lipinski definition) is 4. The molecular weight excluding hydrogens is 188 g/mol. The van der Waals surface area contributed by atoms with Crippen LogP contribution in [0.15, 0.2) is 36.9 Å². The molecule has 0 atom stereocenters. The summed E-state index contributed by atoms with van der Waals surface area (Å²) in [5.41, 5.74) is 1.74. The molecule has 1 heterocycles. The standard InChI is InChI=1S/C11H8N4/c12-6-10-3-1-9(2-4-10)5-11-14-7-13-8-15-11/h1-4,7-8H,5H2. The SMILES string of the molecule is N#Cc1ccc(Cc2ncncn2)cc1. The number of nitriles is 1. The van der Waals surface area contributed by atoms with E-state index in [0.29, 0.717) is 12.0 Å². The molecular formula is C11H8N4. The zero-order valence-electron chi connectivity index (χ0n) is 7.96. The van der Waals surface area contributed by atoms with Gasteiger partial charge in [-0.05, 0) is 17.7 Å². The summed E-state index contributed by atoms with van der Waals surface area (Å²) in [5.74, 6) is 0.731. The number of nitrogens with zero attached hydrogens (tertiary/aromatic N) is 4. The minimum Gasteiger partial charge on any atom is -0.225 e. The second kappa shape index (κ2) is 4.29. The van der Waals surface area contributed by atoms with E-state index in [1.165, 1.54) is 12.7 Å². The van der Waals surface area contributed by atoms with Crippen molar-refractivity contribution in [2.24, 2.45) is 0 Å². The van der Waals surface area contributed by atoms with E-state index in [-0.39, 0.29) is 0 Å². The van der Waals surface area contributed by atoms with Crippen LogP contribution in [0.5, 0.6) is 0 Å². The van der Waals surface area contributed by atoms with Crippen molar-refractivity contribution in [3.05, 3.63) is 53.9 Å². The molecule has 0 fully saturated rings. The fourth-order valence-electron chi connectivity index (χ4n) is 1.23. The number of benzene rings is 1. The van der Waals surface area contributed by atoms with Gasteiger partial charge in [0.15, 0.2) is 0 Å². The Morgan fingerprint density at radius 2 is 1.73 bits per heavy atom. The van der Waals surface area contributed by atoms with Crippen molar-refractivity contribution in [2.75, 3.05) is 0 Å². The first-order valence-corrected chi connectivity index (χ1v) is 4.48. The molecule has 4 nitrogen and oxygen atoms in total.